The molecule has 0 N–H and O–H groups in total. The molecule has 0 spiro atoms. The number of methoxy groups -OCH3 is 1. The number of carbonyl (C=O) groups is 1. The summed E-state index contributed by atoms with van der Waals surface area (Å²) in [6, 6.07) is 4.40. The van der Waals surface area contributed by atoms with Crippen LogP contribution in [0.4, 0.5) is 8.78 Å². The summed E-state index contributed by atoms with van der Waals surface area (Å²) in [6.45, 7) is 2.23. The van der Waals surface area contributed by atoms with E-state index in [0.29, 0.717) is 5.56 Å². The molecule has 0 bridgehead atoms. The number of benzene rings is 1. The van der Waals surface area contributed by atoms with Gasteiger partial charge in [0.15, 0.2) is 0 Å². The molecule has 88 valence electrons. The summed E-state index contributed by atoms with van der Waals surface area (Å²) < 4.78 is 31.4. The molecule has 1 rings (SSSR count). The third-order valence-electron chi connectivity index (χ3n) is 2.19. The normalized spacial score (nSPS) is 11.3. The second kappa shape index (κ2) is 4.60. The van der Waals surface area contributed by atoms with Gasteiger partial charge in [0, 0.05) is 13.3 Å². The number of hydrogen-bond acceptors (Lipinski definition) is 2. The molecule has 0 aliphatic rings. The van der Waals surface area contributed by atoms with Gasteiger partial charge in [-0.05, 0) is 24.6 Å². The molecule has 0 radical (unpaired) electrons. The Morgan fingerprint density at radius 3 is 2.50 bits per heavy atom. The molecule has 0 unspecified atom stereocenters. The lowest BCUT2D eigenvalue weighted by molar-refractivity contribution is -0.116. The summed E-state index contributed by atoms with van der Waals surface area (Å²) in [5, 5.41) is 0. The van der Waals surface area contributed by atoms with Crippen molar-refractivity contribution in [2.24, 2.45) is 0 Å². The van der Waals surface area contributed by atoms with E-state index in [2.05, 4.69) is 0 Å². The average molecular weight is 228 g/mol. The van der Waals surface area contributed by atoms with Gasteiger partial charge in [-0.15, -0.1) is 0 Å². The highest BCUT2D eigenvalue weighted by molar-refractivity contribution is 5.78. The van der Waals surface area contributed by atoms with Crippen LogP contribution in [0.1, 0.15) is 25.0 Å². The smallest absolute Gasteiger partial charge is 0.274 e. The second-order valence-electron chi connectivity index (χ2n) is 3.80. The van der Waals surface area contributed by atoms with Crippen LogP contribution in [-0.4, -0.2) is 12.9 Å². The standard InChI is InChI=1S/C12H14F2O2/c1-8(15)6-9-4-5-11(16-3)10(7-9)12(2,13)14/h4-5,7H,6H2,1-3H3. The van der Waals surface area contributed by atoms with Gasteiger partial charge >= 0.3 is 0 Å². The van der Waals surface area contributed by atoms with Crippen molar-refractivity contribution in [2.75, 3.05) is 7.11 Å². The van der Waals surface area contributed by atoms with Crippen molar-refractivity contribution in [3.05, 3.63) is 29.3 Å². The molecule has 1 aromatic rings. The number of rotatable bonds is 4. The van der Waals surface area contributed by atoms with E-state index < -0.39 is 5.92 Å². The summed E-state index contributed by atoms with van der Waals surface area (Å²) >= 11 is 0. The Labute approximate surface area is 93.2 Å². The van der Waals surface area contributed by atoms with Gasteiger partial charge in [0.2, 0.25) is 0 Å². The van der Waals surface area contributed by atoms with E-state index in [0.717, 1.165) is 6.92 Å². The number of carbonyl (C=O) groups excluding carboxylic acids is 1. The van der Waals surface area contributed by atoms with Crippen LogP contribution in [0, 0.1) is 0 Å². The highest BCUT2D eigenvalue weighted by Crippen LogP contribution is 2.35. The first-order valence-electron chi connectivity index (χ1n) is 4.89. The minimum atomic E-state index is -2.97. The number of ketones is 1. The number of ether oxygens (including phenoxy) is 1. The predicted molar refractivity (Wildman–Crippen MR) is 56.9 cm³/mol. The lowest BCUT2D eigenvalue weighted by Crippen LogP contribution is -2.10. The number of alkyl halides is 2. The third-order valence-corrected chi connectivity index (χ3v) is 2.19. The third kappa shape index (κ3) is 3.02. The SMILES string of the molecule is COc1ccc(CC(C)=O)cc1C(C)(F)F. The molecule has 0 aromatic heterocycles. The maximum atomic E-state index is 13.3. The molecule has 0 atom stereocenters. The fourth-order valence-corrected chi connectivity index (χ4v) is 1.50. The minimum absolute atomic E-state index is 0.0597. The number of halogens is 2. The summed E-state index contributed by atoms with van der Waals surface area (Å²) in [5.41, 5.74) is 0.388. The molecule has 1 aromatic carbocycles. The van der Waals surface area contributed by atoms with E-state index in [-0.39, 0.29) is 23.5 Å². The Kier molecular flexibility index (Phi) is 3.62. The molecule has 0 aliphatic carbocycles. The van der Waals surface area contributed by atoms with Crippen molar-refractivity contribution in [1.82, 2.24) is 0 Å². The van der Waals surface area contributed by atoms with Crippen molar-refractivity contribution in [3.8, 4) is 5.75 Å². The maximum Gasteiger partial charge on any atom is 0.274 e. The molecule has 0 fully saturated rings. The Hall–Kier alpha value is -1.45. The Morgan fingerprint density at radius 2 is 2.06 bits per heavy atom. The molecule has 4 heteroatoms. The van der Waals surface area contributed by atoms with E-state index in [1.54, 1.807) is 6.07 Å². The molecular formula is C12H14F2O2. The quantitative estimate of drug-likeness (QED) is 0.792. The zero-order valence-electron chi connectivity index (χ0n) is 9.51. The maximum absolute atomic E-state index is 13.3. The summed E-state index contributed by atoms with van der Waals surface area (Å²) in [7, 11) is 1.34. The summed E-state index contributed by atoms with van der Waals surface area (Å²) in [4.78, 5) is 10.9. The molecular weight excluding hydrogens is 214 g/mol. The van der Waals surface area contributed by atoms with Crippen LogP contribution in [0.5, 0.6) is 5.75 Å². The van der Waals surface area contributed by atoms with Crippen molar-refractivity contribution in [1.29, 1.82) is 0 Å². The van der Waals surface area contributed by atoms with Crippen molar-refractivity contribution < 1.29 is 18.3 Å². The Bertz CT molecular complexity index is 394. The number of hydrogen-bond donors (Lipinski definition) is 0. The van der Waals surface area contributed by atoms with E-state index in [1.807, 2.05) is 0 Å². The second-order valence-corrected chi connectivity index (χ2v) is 3.80. The van der Waals surface area contributed by atoms with Crippen LogP contribution >= 0.6 is 0 Å². The first-order valence-corrected chi connectivity index (χ1v) is 4.89. The Balaban J connectivity index is 3.16. The van der Waals surface area contributed by atoms with Crippen LogP contribution < -0.4 is 4.74 Å². The van der Waals surface area contributed by atoms with Gasteiger partial charge in [0.05, 0.1) is 12.7 Å². The van der Waals surface area contributed by atoms with Gasteiger partial charge in [-0.25, -0.2) is 8.78 Å². The summed E-state index contributed by atoms with van der Waals surface area (Å²) in [5.74, 6) is -2.90. The highest BCUT2D eigenvalue weighted by Gasteiger charge is 2.28. The molecule has 0 aliphatic heterocycles. The van der Waals surface area contributed by atoms with Crippen molar-refractivity contribution in [3.63, 3.8) is 0 Å². The molecule has 2 nitrogen and oxygen atoms in total. The van der Waals surface area contributed by atoms with Gasteiger partial charge in [-0.2, -0.15) is 0 Å². The van der Waals surface area contributed by atoms with Crippen molar-refractivity contribution >= 4 is 5.78 Å². The first kappa shape index (κ1) is 12.6. The minimum Gasteiger partial charge on any atom is -0.496 e. The van der Waals surface area contributed by atoms with Gasteiger partial charge in [-0.3, -0.25) is 4.79 Å². The van der Waals surface area contributed by atoms with Gasteiger partial charge in [0.25, 0.3) is 5.92 Å². The van der Waals surface area contributed by atoms with Gasteiger partial charge in [-0.1, -0.05) is 6.07 Å². The van der Waals surface area contributed by atoms with E-state index in [4.69, 9.17) is 4.74 Å². The zero-order chi connectivity index (χ0) is 12.3. The number of Topliss-reactive ketones (excluding diaryl/α,β-unsaturated/α-hetero) is 1. The predicted octanol–water partition coefficient (Wildman–Crippen LogP) is 2.94. The fourth-order valence-electron chi connectivity index (χ4n) is 1.50. The molecule has 0 heterocycles. The van der Waals surface area contributed by atoms with Gasteiger partial charge in [0.1, 0.15) is 11.5 Å². The average Bonchev–Trinajstić information content (AvgIpc) is 2.15. The first-order chi connectivity index (χ1) is 7.34. The zero-order valence-corrected chi connectivity index (χ0v) is 9.51. The van der Waals surface area contributed by atoms with Crippen LogP contribution in [0.25, 0.3) is 0 Å². The van der Waals surface area contributed by atoms with E-state index >= 15 is 0 Å². The highest BCUT2D eigenvalue weighted by atomic mass is 19.3. The van der Waals surface area contributed by atoms with Gasteiger partial charge < -0.3 is 4.74 Å². The Morgan fingerprint density at radius 1 is 1.44 bits per heavy atom. The lowest BCUT2D eigenvalue weighted by Gasteiger charge is -2.15. The molecule has 0 amide bonds. The molecule has 16 heavy (non-hydrogen) atoms. The van der Waals surface area contributed by atoms with E-state index in [9.17, 15) is 13.6 Å². The summed E-state index contributed by atoms with van der Waals surface area (Å²) in [6.07, 6.45) is 0.160. The van der Waals surface area contributed by atoms with Crippen molar-refractivity contribution in [2.45, 2.75) is 26.2 Å². The van der Waals surface area contributed by atoms with Crippen LogP contribution in [0.3, 0.4) is 0 Å². The van der Waals surface area contributed by atoms with Crippen LogP contribution in [-0.2, 0) is 17.1 Å². The molecule has 0 saturated carbocycles. The monoisotopic (exact) mass is 228 g/mol. The van der Waals surface area contributed by atoms with Crippen LogP contribution in [0.2, 0.25) is 0 Å². The molecule has 0 saturated heterocycles. The van der Waals surface area contributed by atoms with E-state index in [1.165, 1.54) is 26.2 Å². The largest absolute Gasteiger partial charge is 0.496 e. The lowest BCUT2D eigenvalue weighted by atomic mass is 10.0. The fraction of sp³-hybridized carbons (Fsp3) is 0.417. The van der Waals surface area contributed by atoms with Crippen LogP contribution in [0.15, 0.2) is 18.2 Å². The topological polar surface area (TPSA) is 26.3 Å².